The second kappa shape index (κ2) is 16.6. The van der Waals surface area contributed by atoms with E-state index in [-0.39, 0.29) is 5.91 Å². The second-order valence-electron chi connectivity index (χ2n) is 6.15. The van der Waals surface area contributed by atoms with Crippen molar-refractivity contribution in [3.8, 4) is 0 Å². The number of isothiocyanates is 1. The van der Waals surface area contributed by atoms with Crippen LogP contribution in [0.1, 0.15) is 84.0 Å². The van der Waals surface area contributed by atoms with E-state index in [1.807, 2.05) is 0 Å². The van der Waals surface area contributed by atoms with Gasteiger partial charge in [-0.1, -0.05) is 51.9 Å². The van der Waals surface area contributed by atoms with Gasteiger partial charge in [0.05, 0.1) is 5.16 Å². The van der Waals surface area contributed by atoms with Gasteiger partial charge < -0.3 is 10.4 Å². The lowest BCUT2D eigenvalue weighted by molar-refractivity contribution is -0.142. The van der Waals surface area contributed by atoms with Gasteiger partial charge >= 0.3 is 5.97 Å². The van der Waals surface area contributed by atoms with Gasteiger partial charge in [0.25, 0.3) is 0 Å². The fraction of sp³-hybridized carbons (Fsp3) is 0.833. The van der Waals surface area contributed by atoms with Crippen molar-refractivity contribution in [3.63, 3.8) is 0 Å². The fourth-order valence-corrected chi connectivity index (χ4v) is 2.62. The molecule has 0 aromatic heterocycles. The number of unbranched alkanes of at least 4 members (excludes halogenated alkanes) is 8. The molecule has 5 nitrogen and oxygen atoms in total. The largest absolute Gasteiger partial charge is 0.480 e. The minimum Gasteiger partial charge on any atom is -0.480 e. The molecule has 0 bridgehead atoms. The molecule has 0 rings (SSSR count). The van der Waals surface area contributed by atoms with Crippen LogP contribution in [0.15, 0.2) is 4.99 Å². The number of carbonyl (C=O) groups is 2. The maximum atomic E-state index is 11.9. The third-order valence-corrected chi connectivity index (χ3v) is 4.10. The van der Waals surface area contributed by atoms with Crippen molar-refractivity contribution >= 4 is 29.3 Å². The first-order valence-electron chi connectivity index (χ1n) is 9.17. The number of hydrogen-bond donors (Lipinski definition) is 2. The van der Waals surface area contributed by atoms with Crippen LogP contribution in [0.3, 0.4) is 0 Å². The Labute approximate surface area is 151 Å². The lowest BCUT2D eigenvalue weighted by atomic mass is 10.1. The molecule has 0 aromatic carbocycles. The molecule has 2 N–H and O–H groups in total. The first-order valence-corrected chi connectivity index (χ1v) is 9.58. The molecule has 138 valence electrons. The molecular weight excluding hydrogens is 324 g/mol. The maximum Gasteiger partial charge on any atom is 0.326 e. The minimum atomic E-state index is -0.974. The van der Waals surface area contributed by atoms with Gasteiger partial charge in [0, 0.05) is 13.0 Å². The second-order valence-corrected chi connectivity index (χ2v) is 6.33. The number of thiocarbonyl (C=S) groups is 1. The number of amides is 1. The molecule has 0 saturated carbocycles. The number of aliphatic imine (C=N–C) groups is 1. The summed E-state index contributed by atoms with van der Waals surface area (Å²) in [5.74, 6) is -1.14. The highest BCUT2D eigenvalue weighted by molar-refractivity contribution is 7.78. The van der Waals surface area contributed by atoms with Crippen LogP contribution < -0.4 is 5.32 Å². The number of aliphatic carboxylic acids is 1. The van der Waals surface area contributed by atoms with Crippen molar-refractivity contribution in [1.29, 1.82) is 0 Å². The van der Waals surface area contributed by atoms with E-state index in [4.69, 9.17) is 0 Å². The molecule has 0 radical (unpaired) electrons. The van der Waals surface area contributed by atoms with Gasteiger partial charge in [-0.25, -0.2) is 9.79 Å². The smallest absolute Gasteiger partial charge is 0.326 e. The van der Waals surface area contributed by atoms with Crippen LogP contribution in [0.2, 0.25) is 0 Å². The number of hydrogen-bond acceptors (Lipinski definition) is 4. The Morgan fingerprint density at radius 3 is 2.25 bits per heavy atom. The van der Waals surface area contributed by atoms with Gasteiger partial charge in [-0.3, -0.25) is 4.79 Å². The summed E-state index contributed by atoms with van der Waals surface area (Å²) in [7, 11) is 0. The van der Waals surface area contributed by atoms with Crippen LogP contribution >= 0.6 is 12.2 Å². The molecule has 1 atom stereocenters. The van der Waals surface area contributed by atoms with Crippen LogP contribution in [0.25, 0.3) is 0 Å². The summed E-state index contributed by atoms with van der Waals surface area (Å²) in [6.45, 7) is 2.76. The highest BCUT2D eigenvalue weighted by Gasteiger charge is 2.18. The molecule has 0 saturated heterocycles. The maximum absolute atomic E-state index is 11.9. The van der Waals surface area contributed by atoms with Gasteiger partial charge in [-0.15, -0.1) is 0 Å². The molecule has 24 heavy (non-hydrogen) atoms. The quantitative estimate of drug-likeness (QED) is 0.245. The SMILES string of the molecule is CCCCCCCCCCC(=O)NC(CCCCN=C=S)C(=O)O. The zero-order valence-electron chi connectivity index (χ0n) is 14.9. The molecular formula is C18H32N2O3S. The molecule has 1 amide bonds. The molecule has 6 heteroatoms. The summed E-state index contributed by atoms with van der Waals surface area (Å²) in [5, 5.41) is 14.1. The lowest BCUT2D eigenvalue weighted by Gasteiger charge is -2.14. The highest BCUT2D eigenvalue weighted by atomic mass is 32.1. The van der Waals surface area contributed by atoms with E-state index in [0.29, 0.717) is 25.8 Å². The number of rotatable bonds is 16. The van der Waals surface area contributed by atoms with E-state index in [1.54, 1.807) is 0 Å². The van der Waals surface area contributed by atoms with Gasteiger partial charge in [0.1, 0.15) is 6.04 Å². The van der Waals surface area contributed by atoms with E-state index in [0.717, 1.165) is 25.7 Å². The van der Waals surface area contributed by atoms with E-state index in [2.05, 4.69) is 34.6 Å². The molecule has 0 fully saturated rings. The number of nitrogens with one attached hydrogen (secondary N) is 1. The fourth-order valence-electron chi connectivity index (χ4n) is 2.53. The number of carbonyl (C=O) groups excluding carboxylic acids is 1. The first kappa shape index (κ1) is 22.7. The number of carboxylic acids is 1. The Balaban J connectivity index is 3.75. The van der Waals surface area contributed by atoms with Crippen LogP contribution in [0, 0.1) is 0 Å². The summed E-state index contributed by atoms with van der Waals surface area (Å²) in [4.78, 5) is 26.8. The normalized spacial score (nSPS) is 11.5. The molecule has 0 aromatic rings. The zero-order chi connectivity index (χ0) is 18.0. The van der Waals surface area contributed by atoms with Crippen LogP contribution in [-0.4, -0.2) is 34.7 Å². The van der Waals surface area contributed by atoms with Crippen LogP contribution in [0.5, 0.6) is 0 Å². The Morgan fingerprint density at radius 1 is 1.04 bits per heavy atom. The third-order valence-electron chi connectivity index (χ3n) is 3.97. The van der Waals surface area contributed by atoms with Crippen LogP contribution in [0.4, 0.5) is 0 Å². The summed E-state index contributed by atoms with van der Waals surface area (Å²) < 4.78 is 0. The van der Waals surface area contributed by atoms with Crippen LogP contribution in [-0.2, 0) is 9.59 Å². The van der Waals surface area contributed by atoms with E-state index in [1.165, 1.54) is 32.1 Å². The standard InChI is InChI=1S/C18H32N2O3S/c1-2-3-4-5-6-7-8-9-13-17(21)20-16(18(22)23)12-10-11-14-19-15-24/h16H,2-14H2,1H3,(H,20,21)(H,22,23). The zero-order valence-corrected chi connectivity index (χ0v) is 15.7. The van der Waals surface area contributed by atoms with Crippen molar-refractivity contribution in [1.82, 2.24) is 5.32 Å². The molecule has 1 unspecified atom stereocenters. The predicted molar refractivity (Wildman–Crippen MR) is 101 cm³/mol. The highest BCUT2D eigenvalue weighted by Crippen LogP contribution is 2.10. The summed E-state index contributed by atoms with van der Waals surface area (Å²) in [6, 6.07) is -0.803. The number of carboxylic acid groups (broad SMARTS) is 1. The van der Waals surface area contributed by atoms with Crippen molar-refractivity contribution in [3.05, 3.63) is 0 Å². The lowest BCUT2D eigenvalue weighted by Crippen LogP contribution is -2.40. The Morgan fingerprint density at radius 2 is 1.67 bits per heavy atom. The average molecular weight is 357 g/mol. The topological polar surface area (TPSA) is 78.8 Å². The summed E-state index contributed by atoms with van der Waals surface area (Å²) in [5.41, 5.74) is 0. The van der Waals surface area contributed by atoms with Crippen molar-refractivity contribution in [2.24, 2.45) is 4.99 Å². The first-order chi connectivity index (χ1) is 11.6. The molecule has 0 aliphatic carbocycles. The summed E-state index contributed by atoms with van der Waals surface area (Å²) in [6.07, 6.45) is 11.6. The minimum absolute atomic E-state index is 0.162. The molecule has 0 aliphatic rings. The Hall–Kier alpha value is -1.26. The average Bonchev–Trinajstić information content (AvgIpc) is 2.55. The van der Waals surface area contributed by atoms with Gasteiger partial charge in [-0.2, -0.15) is 0 Å². The van der Waals surface area contributed by atoms with Gasteiger partial charge in [0.2, 0.25) is 5.91 Å². The Kier molecular flexibility index (Phi) is 15.7. The van der Waals surface area contributed by atoms with Gasteiger partial charge in [-0.05, 0) is 37.9 Å². The summed E-state index contributed by atoms with van der Waals surface area (Å²) >= 11 is 4.47. The monoisotopic (exact) mass is 356 g/mol. The van der Waals surface area contributed by atoms with Crippen molar-refractivity contribution in [2.45, 2.75) is 90.0 Å². The van der Waals surface area contributed by atoms with E-state index < -0.39 is 12.0 Å². The van der Waals surface area contributed by atoms with Gasteiger partial charge in [0.15, 0.2) is 0 Å². The van der Waals surface area contributed by atoms with E-state index >= 15 is 0 Å². The van der Waals surface area contributed by atoms with E-state index in [9.17, 15) is 14.7 Å². The third kappa shape index (κ3) is 14.3. The number of nitrogens with zero attached hydrogens (tertiary/aromatic N) is 1. The Bertz CT molecular complexity index is 396. The predicted octanol–water partition coefficient (Wildman–Crippen LogP) is 4.36. The van der Waals surface area contributed by atoms with Crippen molar-refractivity contribution < 1.29 is 14.7 Å². The molecule has 0 spiro atoms. The molecule has 0 aliphatic heterocycles. The molecule has 0 heterocycles. The van der Waals surface area contributed by atoms with Crippen molar-refractivity contribution in [2.75, 3.05) is 6.54 Å².